The molecule has 2 aliphatic rings. The van der Waals surface area contributed by atoms with E-state index in [0.717, 1.165) is 39.1 Å². The van der Waals surface area contributed by atoms with Gasteiger partial charge in [-0.05, 0) is 43.8 Å². The van der Waals surface area contributed by atoms with Gasteiger partial charge in [-0.25, -0.2) is 9.78 Å². The van der Waals surface area contributed by atoms with E-state index in [0.29, 0.717) is 52.0 Å². The van der Waals surface area contributed by atoms with Crippen LogP contribution in [-0.2, 0) is 0 Å². The minimum Gasteiger partial charge on any atom is -1.00 e. The van der Waals surface area contributed by atoms with Crippen molar-refractivity contribution in [2.45, 2.75) is 6.42 Å². The molecule has 0 amide bonds. The van der Waals surface area contributed by atoms with Gasteiger partial charge >= 0.3 is 57.5 Å². The monoisotopic (exact) mass is 578 g/mol. The van der Waals surface area contributed by atoms with Gasteiger partial charge in [0.2, 0.25) is 12.5 Å². The molecule has 0 atom stereocenters. The SMILES string of the molecule is COc1c(OCCCN2CCN(C)CC2)ccc2nc(C#N)c(Oc3cccc4c3OCO4)cc12.O=C(O)O.[H-].[K+]. The van der Waals surface area contributed by atoms with E-state index in [9.17, 15) is 5.26 Å². The molecule has 5 rings (SSSR count). The van der Waals surface area contributed by atoms with Crippen molar-refractivity contribution < 1.29 is 91.5 Å². The molecular formula is C27H31KN4O8. The number of para-hydroxylation sites is 1. The molecule has 40 heavy (non-hydrogen) atoms. The van der Waals surface area contributed by atoms with Gasteiger partial charge in [0.1, 0.15) is 6.07 Å². The molecule has 0 aliphatic carbocycles. The molecule has 0 saturated carbocycles. The summed E-state index contributed by atoms with van der Waals surface area (Å²) >= 11 is 0. The van der Waals surface area contributed by atoms with Crippen LogP contribution in [0, 0.1) is 11.3 Å². The molecule has 208 valence electrons. The fourth-order valence-corrected chi connectivity index (χ4v) is 4.31. The van der Waals surface area contributed by atoms with Crippen molar-refractivity contribution in [3.63, 3.8) is 0 Å². The van der Waals surface area contributed by atoms with Gasteiger partial charge in [0, 0.05) is 38.1 Å². The van der Waals surface area contributed by atoms with Gasteiger partial charge in [-0.1, -0.05) is 6.07 Å². The van der Waals surface area contributed by atoms with Gasteiger partial charge in [-0.2, -0.15) is 5.26 Å². The van der Waals surface area contributed by atoms with E-state index in [1.54, 1.807) is 31.4 Å². The van der Waals surface area contributed by atoms with E-state index in [1.807, 2.05) is 12.1 Å². The first-order chi connectivity index (χ1) is 18.9. The maximum absolute atomic E-state index is 9.68. The average molecular weight is 579 g/mol. The zero-order valence-electron chi connectivity index (χ0n) is 23.8. The standard InChI is InChI=1S/C26H28N4O5.CH2O3.K.H/c1-29-10-12-30(13-11-29)9-4-14-32-22-8-7-19-18(25(22)31-2)15-24(20(16-27)28-19)35-23-6-3-5-21-26(23)34-17-33-21;2-1(3)4;;/h3,5-8,15H,4,9-14,17H2,1-2H3;(H2,2,3,4);;/q;;+1;-1. The first kappa shape index (κ1) is 31.7. The van der Waals surface area contributed by atoms with E-state index in [4.69, 9.17) is 38.7 Å². The molecule has 12 nitrogen and oxygen atoms in total. The molecule has 0 bridgehead atoms. The largest absolute Gasteiger partial charge is 1.00 e. The predicted molar refractivity (Wildman–Crippen MR) is 141 cm³/mol. The summed E-state index contributed by atoms with van der Waals surface area (Å²) < 4.78 is 28.8. The third-order valence-electron chi connectivity index (χ3n) is 6.24. The van der Waals surface area contributed by atoms with Crippen LogP contribution in [0.3, 0.4) is 0 Å². The number of carbonyl (C=O) groups is 1. The summed E-state index contributed by atoms with van der Waals surface area (Å²) in [4.78, 5) is 17.9. The van der Waals surface area contributed by atoms with Crippen LogP contribution in [0.2, 0.25) is 0 Å². The summed E-state index contributed by atoms with van der Waals surface area (Å²) in [6, 6.07) is 12.9. The summed E-state index contributed by atoms with van der Waals surface area (Å²) in [6.45, 7) is 6.09. The van der Waals surface area contributed by atoms with Crippen LogP contribution >= 0.6 is 0 Å². The average Bonchev–Trinajstić information content (AvgIpc) is 3.41. The first-order valence-corrected chi connectivity index (χ1v) is 12.3. The van der Waals surface area contributed by atoms with E-state index in [-0.39, 0.29) is 65.3 Å². The quantitative estimate of drug-likeness (QED) is 0.290. The van der Waals surface area contributed by atoms with Crippen LogP contribution in [0.15, 0.2) is 36.4 Å². The van der Waals surface area contributed by atoms with Crippen molar-refractivity contribution >= 4 is 17.1 Å². The zero-order valence-corrected chi connectivity index (χ0v) is 25.9. The molecule has 1 aromatic heterocycles. The smallest absolute Gasteiger partial charge is 1.00 e. The number of benzene rings is 2. The Morgan fingerprint density at radius 3 is 2.58 bits per heavy atom. The molecule has 0 spiro atoms. The predicted octanol–water partition coefficient (Wildman–Crippen LogP) is 0.991. The number of methoxy groups -OCH3 is 1. The minimum atomic E-state index is -1.83. The van der Waals surface area contributed by atoms with Gasteiger partial charge in [-0.15, -0.1) is 0 Å². The van der Waals surface area contributed by atoms with Crippen LogP contribution in [0.4, 0.5) is 4.79 Å². The molecule has 2 aliphatic heterocycles. The maximum Gasteiger partial charge on any atom is 1.00 e. The van der Waals surface area contributed by atoms with Gasteiger partial charge < -0.3 is 45.1 Å². The van der Waals surface area contributed by atoms with Gasteiger partial charge in [-0.3, -0.25) is 0 Å². The van der Waals surface area contributed by atoms with E-state index >= 15 is 0 Å². The number of aromatic nitrogens is 1. The van der Waals surface area contributed by atoms with Crippen molar-refractivity contribution in [1.82, 2.24) is 14.8 Å². The summed E-state index contributed by atoms with van der Waals surface area (Å²) in [5.41, 5.74) is 0.783. The summed E-state index contributed by atoms with van der Waals surface area (Å²) in [6.07, 6.45) is -0.911. The second-order valence-electron chi connectivity index (χ2n) is 8.83. The molecule has 2 N–H and O–H groups in total. The molecular weight excluding hydrogens is 547 g/mol. The van der Waals surface area contributed by atoms with Crippen LogP contribution < -0.4 is 75.1 Å². The van der Waals surface area contributed by atoms with Crippen molar-refractivity contribution in [2.75, 3.05) is 60.3 Å². The normalized spacial score (nSPS) is 14.3. The third-order valence-corrected chi connectivity index (χ3v) is 6.24. The number of nitriles is 1. The third kappa shape index (κ3) is 8.11. The van der Waals surface area contributed by atoms with Crippen LogP contribution in [-0.4, -0.2) is 91.4 Å². The van der Waals surface area contributed by atoms with Crippen molar-refractivity contribution in [3.05, 3.63) is 42.1 Å². The molecule has 1 saturated heterocycles. The topological polar surface area (TPSA) is 147 Å². The molecule has 0 unspecified atom stereocenters. The second-order valence-corrected chi connectivity index (χ2v) is 8.83. The van der Waals surface area contributed by atoms with Gasteiger partial charge in [0.25, 0.3) is 0 Å². The Balaban J connectivity index is 0.000000921. The van der Waals surface area contributed by atoms with Gasteiger partial charge in [0.15, 0.2) is 34.4 Å². The number of ether oxygens (including phenoxy) is 5. The number of nitrogens with zero attached hydrogens (tertiary/aromatic N) is 4. The molecule has 3 heterocycles. The number of hydrogen-bond acceptors (Lipinski definition) is 10. The summed E-state index contributed by atoms with van der Waals surface area (Å²) in [5, 5.41) is 24.3. The Labute approximate surface area is 275 Å². The number of pyridine rings is 1. The molecule has 3 aromatic rings. The molecule has 1 fully saturated rings. The first-order valence-electron chi connectivity index (χ1n) is 12.3. The van der Waals surface area contributed by atoms with E-state index in [2.05, 4.69) is 27.9 Å². The van der Waals surface area contributed by atoms with Crippen molar-refractivity contribution in [2.24, 2.45) is 0 Å². The number of likely N-dealkylation sites (N-methyl/N-ethyl adjacent to an activating group) is 1. The maximum atomic E-state index is 9.68. The Bertz CT molecular complexity index is 1360. The Hall–Kier alpha value is -2.83. The zero-order chi connectivity index (χ0) is 27.8. The van der Waals surface area contributed by atoms with Crippen LogP contribution in [0.25, 0.3) is 10.9 Å². The van der Waals surface area contributed by atoms with Gasteiger partial charge in [0.05, 0.1) is 19.2 Å². The Morgan fingerprint density at radius 2 is 1.88 bits per heavy atom. The summed E-state index contributed by atoms with van der Waals surface area (Å²) in [5.74, 6) is 3.04. The fourth-order valence-electron chi connectivity index (χ4n) is 4.31. The summed E-state index contributed by atoms with van der Waals surface area (Å²) in [7, 11) is 3.76. The van der Waals surface area contributed by atoms with Crippen molar-refractivity contribution in [3.8, 4) is 40.6 Å². The number of carboxylic acid groups (broad SMARTS) is 2. The van der Waals surface area contributed by atoms with E-state index in [1.165, 1.54) is 0 Å². The number of piperazine rings is 1. The number of fused-ring (bicyclic) bond motifs is 2. The van der Waals surface area contributed by atoms with Crippen molar-refractivity contribution in [1.29, 1.82) is 5.26 Å². The fraction of sp³-hybridized carbons (Fsp3) is 0.370. The second kappa shape index (κ2) is 15.2. The van der Waals surface area contributed by atoms with E-state index < -0.39 is 6.16 Å². The Morgan fingerprint density at radius 1 is 1.12 bits per heavy atom. The number of rotatable bonds is 8. The van der Waals surface area contributed by atoms with Crippen LogP contribution in [0.5, 0.6) is 34.5 Å². The van der Waals surface area contributed by atoms with Crippen LogP contribution in [0.1, 0.15) is 13.5 Å². The molecule has 13 heteroatoms. The molecule has 2 aromatic carbocycles. The minimum absolute atomic E-state index is 0. The Kier molecular flexibility index (Phi) is 12.1. The molecule has 0 radical (unpaired) electrons. The number of hydrogen-bond donors (Lipinski definition) is 2.